The summed E-state index contributed by atoms with van der Waals surface area (Å²) in [5.41, 5.74) is 2.30. The second-order valence-corrected chi connectivity index (χ2v) is 6.78. The van der Waals surface area contributed by atoms with Gasteiger partial charge in [-0.2, -0.15) is 0 Å². The quantitative estimate of drug-likeness (QED) is 0.699. The lowest BCUT2D eigenvalue weighted by molar-refractivity contribution is -0.147. The minimum atomic E-state index is -0.517. The van der Waals surface area contributed by atoms with Crippen LogP contribution in [-0.2, 0) is 9.53 Å². The molecule has 2 rings (SSSR count). The third kappa shape index (κ3) is 6.01. The summed E-state index contributed by atoms with van der Waals surface area (Å²) in [4.78, 5) is 25.1. The lowest BCUT2D eigenvalue weighted by Crippen LogP contribution is -2.31. The van der Waals surface area contributed by atoms with Crippen molar-refractivity contribution >= 4 is 11.9 Å². The van der Waals surface area contributed by atoms with E-state index in [0.717, 1.165) is 11.1 Å². The lowest BCUT2D eigenvalue weighted by Gasteiger charge is -2.20. The van der Waals surface area contributed by atoms with Gasteiger partial charge in [0.05, 0.1) is 32.8 Å². The third-order valence-electron chi connectivity index (χ3n) is 4.14. The Labute approximate surface area is 165 Å². The van der Waals surface area contributed by atoms with Crippen molar-refractivity contribution < 1.29 is 23.8 Å². The van der Waals surface area contributed by atoms with Crippen LogP contribution in [0.3, 0.4) is 0 Å². The molecule has 0 aliphatic carbocycles. The molecule has 0 spiro atoms. The van der Waals surface area contributed by atoms with Crippen LogP contribution in [0.15, 0.2) is 42.5 Å². The third-order valence-corrected chi connectivity index (χ3v) is 4.14. The van der Waals surface area contributed by atoms with Crippen molar-refractivity contribution in [1.82, 2.24) is 5.32 Å². The average molecular weight is 385 g/mol. The van der Waals surface area contributed by atoms with Gasteiger partial charge in [-0.25, -0.2) is 0 Å². The summed E-state index contributed by atoms with van der Waals surface area (Å²) in [7, 11) is 3.04. The van der Waals surface area contributed by atoms with Gasteiger partial charge in [0.2, 0.25) is 0 Å². The van der Waals surface area contributed by atoms with Crippen LogP contribution in [0.4, 0.5) is 0 Å². The molecule has 6 heteroatoms. The molecule has 0 aliphatic heterocycles. The van der Waals surface area contributed by atoms with E-state index in [1.165, 1.54) is 14.2 Å². The first-order valence-electron chi connectivity index (χ1n) is 9.12. The Balaban J connectivity index is 2.27. The molecule has 28 heavy (non-hydrogen) atoms. The monoisotopic (exact) mass is 385 g/mol. The van der Waals surface area contributed by atoms with Gasteiger partial charge >= 0.3 is 5.97 Å². The van der Waals surface area contributed by atoms with Crippen LogP contribution in [0.2, 0.25) is 0 Å². The highest BCUT2D eigenvalue weighted by atomic mass is 16.5. The Bertz CT molecular complexity index is 792. The molecule has 0 fully saturated rings. The Morgan fingerprint density at radius 1 is 0.964 bits per heavy atom. The van der Waals surface area contributed by atoms with Gasteiger partial charge in [-0.3, -0.25) is 9.59 Å². The van der Waals surface area contributed by atoms with E-state index in [-0.39, 0.29) is 24.4 Å². The summed E-state index contributed by atoms with van der Waals surface area (Å²) in [6.07, 6.45) is -0.182. The van der Waals surface area contributed by atoms with Gasteiger partial charge in [0, 0.05) is 11.6 Å². The number of esters is 1. The van der Waals surface area contributed by atoms with E-state index in [9.17, 15) is 9.59 Å². The Hall–Kier alpha value is -3.02. The van der Waals surface area contributed by atoms with E-state index in [0.29, 0.717) is 17.1 Å². The van der Waals surface area contributed by atoms with Gasteiger partial charge in [-0.15, -0.1) is 0 Å². The van der Waals surface area contributed by atoms with E-state index in [2.05, 4.69) is 5.32 Å². The molecule has 1 amide bonds. The highest BCUT2D eigenvalue weighted by Crippen LogP contribution is 2.24. The summed E-state index contributed by atoms with van der Waals surface area (Å²) in [5, 5.41) is 2.92. The molecule has 0 saturated carbocycles. The van der Waals surface area contributed by atoms with Crippen LogP contribution in [-0.4, -0.2) is 32.2 Å². The molecule has 0 saturated heterocycles. The molecule has 1 N–H and O–H groups in total. The molecular formula is C22H27NO5. The summed E-state index contributed by atoms with van der Waals surface area (Å²) in [6, 6.07) is 12.1. The van der Waals surface area contributed by atoms with Gasteiger partial charge in [0.1, 0.15) is 11.5 Å². The maximum absolute atomic E-state index is 12.9. The van der Waals surface area contributed by atoms with Gasteiger partial charge < -0.3 is 19.5 Å². The minimum Gasteiger partial charge on any atom is -0.497 e. The van der Waals surface area contributed by atoms with Crippen LogP contribution < -0.4 is 14.8 Å². The Morgan fingerprint density at radius 3 is 2.04 bits per heavy atom. The van der Waals surface area contributed by atoms with Crippen LogP contribution in [0.25, 0.3) is 0 Å². The SMILES string of the molecule is COc1cc(OC)cc(C(=O)NC(CC(=O)OC(C)C)c2ccc(C)cc2)c1. The molecule has 2 aromatic rings. The zero-order valence-electron chi connectivity index (χ0n) is 16.9. The van der Waals surface area contributed by atoms with Crippen molar-refractivity contribution in [3.8, 4) is 11.5 Å². The Morgan fingerprint density at radius 2 is 1.54 bits per heavy atom. The van der Waals surface area contributed by atoms with E-state index < -0.39 is 6.04 Å². The molecule has 1 unspecified atom stereocenters. The van der Waals surface area contributed by atoms with Crippen molar-refractivity contribution in [2.45, 2.75) is 39.3 Å². The van der Waals surface area contributed by atoms with E-state index in [4.69, 9.17) is 14.2 Å². The molecule has 0 aromatic heterocycles. The fourth-order valence-electron chi connectivity index (χ4n) is 2.71. The zero-order valence-corrected chi connectivity index (χ0v) is 16.9. The number of rotatable bonds is 8. The Kier molecular flexibility index (Phi) is 7.44. The maximum Gasteiger partial charge on any atom is 0.308 e. The molecular weight excluding hydrogens is 358 g/mol. The van der Waals surface area contributed by atoms with Crippen molar-refractivity contribution in [3.05, 3.63) is 59.2 Å². The van der Waals surface area contributed by atoms with Crippen LogP contribution in [0.1, 0.15) is 47.8 Å². The van der Waals surface area contributed by atoms with Crippen molar-refractivity contribution in [2.75, 3.05) is 14.2 Å². The van der Waals surface area contributed by atoms with Crippen molar-refractivity contribution in [3.63, 3.8) is 0 Å². The van der Waals surface area contributed by atoms with Crippen molar-refractivity contribution in [1.29, 1.82) is 0 Å². The highest BCUT2D eigenvalue weighted by Gasteiger charge is 2.21. The van der Waals surface area contributed by atoms with E-state index >= 15 is 0 Å². The molecule has 6 nitrogen and oxygen atoms in total. The number of aryl methyl sites for hydroxylation is 1. The summed E-state index contributed by atoms with van der Waals surface area (Å²) in [6.45, 7) is 5.56. The predicted octanol–water partition coefficient (Wildman–Crippen LogP) is 3.83. The van der Waals surface area contributed by atoms with Crippen LogP contribution in [0, 0.1) is 6.92 Å². The number of hydrogen-bond donors (Lipinski definition) is 1. The molecule has 150 valence electrons. The number of carbonyl (C=O) groups excluding carboxylic acids is 2. The average Bonchev–Trinajstić information content (AvgIpc) is 2.66. The second kappa shape index (κ2) is 9.78. The number of ether oxygens (including phenoxy) is 3. The number of hydrogen-bond acceptors (Lipinski definition) is 5. The largest absolute Gasteiger partial charge is 0.497 e. The number of nitrogens with one attached hydrogen (secondary N) is 1. The smallest absolute Gasteiger partial charge is 0.308 e. The summed E-state index contributed by atoms with van der Waals surface area (Å²) >= 11 is 0. The normalized spacial score (nSPS) is 11.6. The van der Waals surface area contributed by atoms with Gasteiger partial charge in [0.25, 0.3) is 5.91 Å². The first-order valence-corrected chi connectivity index (χ1v) is 9.12. The lowest BCUT2D eigenvalue weighted by atomic mass is 10.0. The number of methoxy groups -OCH3 is 2. The summed E-state index contributed by atoms with van der Waals surface area (Å²) < 4.78 is 15.7. The van der Waals surface area contributed by atoms with Gasteiger partial charge in [-0.05, 0) is 38.5 Å². The predicted molar refractivity (Wildman–Crippen MR) is 107 cm³/mol. The molecule has 1 atom stereocenters. The number of benzene rings is 2. The molecule has 2 aromatic carbocycles. The zero-order chi connectivity index (χ0) is 20.7. The summed E-state index contributed by atoms with van der Waals surface area (Å²) in [5.74, 6) is 0.315. The van der Waals surface area contributed by atoms with Gasteiger partial charge in [0.15, 0.2) is 0 Å². The van der Waals surface area contributed by atoms with Crippen molar-refractivity contribution in [2.24, 2.45) is 0 Å². The van der Waals surface area contributed by atoms with Crippen LogP contribution in [0.5, 0.6) is 11.5 Å². The van der Waals surface area contributed by atoms with E-state index in [1.807, 2.05) is 31.2 Å². The minimum absolute atomic E-state index is 0.0358. The standard InChI is InChI=1S/C22H27NO5/c1-14(2)28-21(24)13-20(16-8-6-15(3)7-9-16)23-22(25)17-10-18(26-4)12-19(11-17)27-5/h6-12,14,20H,13H2,1-5H3,(H,23,25). The highest BCUT2D eigenvalue weighted by molar-refractivity contribution is 5.95. The molecule has 0 radical (unpaired) electrons. The topological polar surface area (TPSA) is 73.9 Å². The first kappa shape index (κ1) is 21.3. The second-order valence-electron chi connectivity index (χ2n) is 6.78. The molecule has 0 heterocycles. The van der Waals surface area contributed by atoms with Crippen LogP contribution >= 0.6 is 0 Å². The maximum atomic E-state index is 12.9. The first-order chi connectivity index (χ1) is 13.3. The van der Waals surface area contributed by atoms with Gasteiger partial charge in [-0.1, -0.05) is 29.8 Å². The fourth-order valence-corrected chi connectivity index (χ4v) is 2.71. The fraction of sp³-hybridized carbons (Fsp3) is 0.364. The van der Waals surface area contributed by atoms with E-state index in [1.54, 1.807) is 32.0 Å². The molecule has 0 bridgehead atoms. The molecule has 0 aliphatic rings. The number of carbonyl (C=O) groups is 2. The number of amides is 1.